The first-order valence-electron chi connectivity index (χ1n) is 6.01. The number of imidazole rings is 1. The summed E-state index contributed by atoms with van der Waals surface area (Å²) in [5.41, 5.74) is 6.36. The number of hydrogen-bond donors (Lipinski definition) is 1. The molecule has 20 heavy (non-hydrogen) atoms. The zero-order valence-corrected chi connectivity index (χ0v) is 12.4. The Hall–Kier alpha value is -1.37. The number of carbonyl (C=O) groups is 1. The molecule has 6 nitrogen and oxygen atoms in total. The van der Waals surface area contributed by atoms with Crippen molar-refractivity contribution >= 4 is 40.3 Å². The van der Waals surface area contributed by atoms with E-state index in [1.54, 1.807) is 12.3 Å². The Balaban J connectivity index is 2.24. The zero-order chi connectivity index (χ0) is 14.7. The van der Waals surface area contributed by atoms with Crippen LogP contribution in [0, 0.1) is 0 Å². The lowest BCUT2D eigenvalue weighted by atomic mass is 10.4. The molecule has 0 fully saturated rings. The predicted octanol–water partition coefficient (Wildman–Crippen LogP) is 1.89. The van der Waals surface area contributed by atoms with Gasteiger partial charge in [0.05, 0.1) is 17.0 Å². The molecule has 108 valence electrons. The molecule has 0 saturated carbocycles. The number of fused-ring (bicyclic) bond motifs is 1. The van der Waals surface area contributed by atoms with Crippen LogP contribution >= 0.6 is 23.2 Å². The fourth-order valence-electron chi connectivity index (χ4n) is 1.86. The second kappa shape index (κ2) is 6.39. The highest BCUT2D eigenvalue weighted by atomic mass is 35.5. The van der Waals surface area contributed by atoms with Gasteiger partial charge in [0.1, 0.15) is 17.9 Å². The van der Waals surface area contributed by atoms with Crippen molar-refractivity contribution in [2.45, 2.75) is 18.8 Å². The molecule has 2 rings (SSSR count). The van der Waals surface area contributed by atoms with Gasteiger partial charge in [-0.2, -0.15) is 0 Å². The van der Waals surface area contributed by atoms with Crippen LogP contribution in [0.2, 0.25) is 5.02 Å². The number of aromatic nitrogens is 3. The zero-order valence-electron chi connectivity index (χ0n) is 10.8. The summed E-state index contributed by atoms with van der Waals surface area (Å²) in [5, 5.41) is 0.236. The van der Waals surface area contributed by atoms with Crippen molar-refractivity contribution in [1.82, 2.24) is 14.5 Å². The summed E-state index contributed by atoms with van der Waals surface area (Å²) in [5.74, 6) is 0.176. The van der Waals surface area contributed by atoms with E-state index >= 15 is 0 Å². The van der Waals surface area contributed by atoms with Crippen molar-refractivity contribution in [3.63, 3.8) is 0 Å². The van der Waals surface area contributed by atoms with Gasteiger partial charge in [0.2, 0.25) is 5.91 Å². The second-order valence-electron chi connectivity index (χ2n) is 4.25. The third kappa shape index (κ3) is 3.39. The molecule has 0 bridgehead atoms. The van der Waals surface area contributed by atoms with E-state index in [2.05, 4.69) is 9.97 Å². The molecule has 2 aromatic heterocycles. The van der Waals surface area contributed by atoms with E-state index in [1.807, 2.05) is 11.5 Å². The molecule has 0 radical (unpaired) electrons. The highest BCUT2D eigenvalue weighted by Gasteiger charge is 2.16. The van der Waals surface area contributed by atoms with Crippen LogP contribution < -0.4 is 5.73 Å². The number of nitrogens with zero attached hydrogens (tertiary/aromatic N) is 3. The molecule has 8 heteroatoms. The maximum Gasteiger partial charge on any atom is 0.243 e. The van der Waals surface area contributed by atoms with Crippen LogP contribution in [0.5, 0.6) is 0 Å². The lowest BCUT2D eigenvalue weighted by Gasteiger charge is -2.09. The number of ether oxygens (including phenoxy) is 1. The van der Waals surface area contributed by atoms with Gasteiger partial charge in [-0.3, -0.25) is 4.79 Å². The van der Waals surface area contributed by atoms with Crippen LogP contribution in [-0.2, 0) is 16.1 Å². The molecule has 2 heterocycles. The van der Waals surface area contributed by atoms with E-state index in [0.29, 0.717) is 35.2 Å². The number of carbonyl (C=O) groups excluding carboxylic acids is 1. The molecule has 0 aliphatic rings. The largest absolute Gasteiger partial charge is 0.370 e. The lowest BCUT2D eigenvalue weighted by Crippen LogP contribution is -2.20. The molecule has 1 amide bonds. The van der Waals surface area contributed by atoms with Gasteiger partial charge in [0.25, 0.3) is 0 Å². The number of rotatable bonds is 6. The standard InChI is InChI=1S/C12H14Cl2N4O2/c1-7(13)11-17-9-4-8(14)5-16-12(9)18(11)2-3-20-6-10(15)19/h4-5,7H,2-3,6H2,1H3,(H2,15,19). The van der Waals surface area contributed by atoms with Gasteiger partial charge in [0, 0.05) is 12.7 Å². The molecule has 0 aliphatic carbocycles. The van der Waals surface area contributed by atoms with Crippen molar-refractivity contribution in [2.75, 3.05) is 13.2 Å². The topological polar surface area (TPSA) is 83.0 Å². The average Bonchev–Trinajstić information content (AvgIpc) is 2.72. The molecule has 1 unspecified atom stereocenters. The van der Waals surface area contributed by atoms with E-state index in [0.717, 1.165) is 0 Å². The lowest BCUT2D eigenvalue weighted by molar-refractivity contribution is -0.122. The van der Waals surface area contributed by atoms with Crippen LogP contribution in [0.4, 0.5) is 0 Å². The third-order valence-corrected chi connectivity index (χ3v) is 3.04. The van der Waals surface area contributed by atoms with Gasteiger partial charge in [-0.15, -0.1) is 11.6 Å². The van der Waals surface area contributed by atoms with E-state index in [4.69, 9.17) is 33.7 Å². The molecule has 2 N–H and O–H groups in total. The molecule has 0 aliphatic heterocycles. The summed E-state index contributed by atoms with van der Waals surface area (Å²) in [6.45, 7) is 2.50. The van der Waals surface area contributed by atoms with E-state index < -0.39 is 5.91 Å². The van der Waals surface area contributed by atoms with Crippen LogP contribution in [0.1, 0.15) is 18.1 Å². The molecule has 0 saturated heterocycles. The Bertz CT molecular complexity index is 627. The quantitative estimate of drug-likeness (QED) is 0.651. The number of halogens is 2. The normalized spacial score (nSPS) is 12.8. The van der Waals surface area contributed by atoms with Crippen molar-refractivity contribution < 1.29 is 9.53 Å². The van der Waals surface area contributed by atoms with Crippen LogP contribution in [-0.4, -0.2) is 33.7 Å². The fraction of sp³-hybridized carbons (Fsp3) is 0.417. The Labute approximate surface area is 125 Å². The van der Waals surface area contributed by atoms with Crippen LogP contribution in [0.15, 0.2) is 12.3 Å². The first-order chi connectivity index (χ1) is 9.49. The van der Waals surface area contributed by atoms with Crippen LogP contribution in [0.25, 0.3) is 11.2 Å². The Morgan fingerprint density at radius 1 is 1.60 bits per heavy atom. The number of hydrogen-bond acceptors (Lipinski definition) is 4. The van der Waals surface area contributed by atoms with Gasteiger partial charge < -0.3 is 15.0 Å². The summed E-state index contributed by atoms with van der Waals surface area (Å²) in [4.78, 5) is 19.3. The van der Waals surface area contributed by atoms with Crippen molar-refractivity contribution in [3.05, 3.63) is 23.1 Å². The van der Waals surface area contributed by atoms with Crippen LogP contribution in [0.3, 0.4) is 0 Å². The highest BCUT2D eigenvalue weighted by molar-refractivity contribution is 6.31. The molecule has 2 aromatic rings. The maximum atomic E-state index is 10.6. The molecule has 0 aromatic carbocycles. The van der Waals surface area contributed by atoms with E-state index in [1.165, 1.54) is 0 Å². The maximum absolute atomic E-state index is 10.6. The van der Waals surface area contributed by atoms with E-state index in [-0.39, 0.29) is 12.0 Å². The van der Waals surface area contributed by atoms with Crippen molar-refractivity contribution in [3.8, 4) is 0 Å². The third-order valence-electron chi connectivity index (χ3n) is 2.64. The number of alkyl halides is 1. The van der Waals surface area contributed by atoms with Gasteiger partial charge in [-0.05, 0) is 13.0 Å². The number of nitrogens with two attached hydrogens (primary N) is 1. The number of amides is 1. The van der Waals surface area contributed by atoms with Gasteiger partial charge >= 0.3 is 0 Å². The molecular formula is C12H14Cl2N4O2. The minimum absolute atomic E-state index is 0.113. The predicted molar refractivity (Wildman–Crippen MR) is 76.8 cm³/mol. The second-order valence-corrected chi connectivity index (χ2v) is 5.34. The summed E-state index contributed by atoms with van der Waals surface area (Å²) >= 11 is 12.0. The van der Waals surface area contributed by atoms with Gasteiger partial charge in [-0.1, -0.05) is 11.6 Å². The van der Waals surface area contributed by atoms with Gasteiger partial charge in [0.15, 0.2) is 5.65 Å². The monoisotopic (exact) mass is 316 g/mol. The molecular weight excluding hydrogens is 303 g/mol. The van der Waals surface area contributed by atoms with E-state index in [9.17, 15) is 4.79 Å². The molecule has 1 atom stereocenters. The minimum Gasteiger partial charge on any atom is -0.370 e. The Morgan fingerprint density at radius 2 is 2.35 bits per heavy atom. The summed E-state index contributed by atoms with van der Waals surface area (Å²) < 4.78 is 7.01. The minimum atomic E-state index is -0.503. The number of primary amides is 1. The van der Waals surface area contributed by atoms with Crippen molar-refractivity contribution in [1.29, 1.82) is 0 Å². The fourth-order valence-corrected chi connectivity index (χ4v) is 2.18. The summed E-state index contributed by atoms with van der Waals surface area (Å²) in [7, 11) is 0. The first-order valence-corrected chi connectivity index (χ1v) is 6.82. The smallest absolute Gasteiger partial charge is 0.243 e. The Morgan fingerprint density at radius 3 is 3.00 bits per heavy atom. The molecule has 0 spiro atoms. The van der Waals surface area contributed by atoms with Gasteiger partial charge in [-0.25, -0.2) is 9.97 Å². The summed E-state index contributed by atoms with van der Waals surface area (Å²) in [6, 6.07) is 1.73. The van der Waals surface area contributed by atoms with Crippen molar-refractivity contribution in [2.24, 2.45) is 5.73 Å². The Kier molecular flexibility index (Phi) is 4.80. The summed E-state index contributed by atoms with van der Waals surface area (Å²) in [6.07, 6.45) is 1.55. The first kappa shape index (κ1) is 15.0. The highest BCUT2D eigenvalue weighted by Crippen LogP contribution is 2.24. The SMILES string of the molecule is CC(Cl)c1nc2cc(Cl)cnc2n1CCOCC(N)=O. The average molecular weight is 317 g/mol. The number of pyridine rings is 1.